The molecule has 1 fully saturated rings. The smallest absolute Gasteiger partial charge is 0.242 e. The molecule has 0 aliphatic carbocycles. The molecule has 7 heteroatoms. The third-order valence-electron chi connectivity index (χ3n) is 3.67. The van der Waals surface area contributed by atoms with Crippen molar-refractivity contribution in [2.45, 2.75) is 50.0 Å². The van der Waals surface area contributed by atoms with Crippen LogP contribution in [0.1, 0.15) is 39.0 Å². The van der Waals surface area contributed by atoms with Gasteiger partial charge in [0.1, 0.15) is 10.0 Å². The van der Waals surface area contributed by atoms with Crippen LogP contribution < -0.4 is 0 Å². The maximum absolute atomic E-state index is 12.8. The van der Waals surface area contributed by atoms with Crippen LogP contribution in [0, 0.1) is 0 Å². The largest absolute Gasteiger partial charge is 0.244 e. The van der Waals surface area contributed by atoms with Gasteiger partial charge in [-0.3, -0.25) is 0 Å². The SMILES string of the molecule is CCC1CCCCCN1S(=O)(=O)c1cnc(Cl)c(Cl)c1. The molecule has 1 saturated heterocycles. The first-order valence-electron chi connectivity index (χ1n) is 6.79. The Kier molecular flexibility index (Phi) is 5.29. The maximum Gasteiger partial charge on any atom is 0.244 e. The minimum Gasteiger partial charge on any atom is -0.242 e. The zero-order valence-corrected chi connectivity index (χ0v) is 13.7. The second kappa shape index (κ2) is 6.60. The van der Waals surface area contributed by atoms with E-state index in [4.69, 9.17) is 23.2 Å². The Balaban J connectivity index is 2.38. The van der Waals surface area contributed by atoms with E-state index in [0.29, 0.717) is 6.54 Å². The van der Waals surface area contributed by atoms with Crippen molar-refractivity contribution in [1.29, 1.82) is 0 Å². The van der Waals surface area contributed by atoms with E-state index in [1.54, 1.807) is 4.31 Å². The molecule has 0 aromatic carbocycles. The average molecular weight is 337 g/mol. The lowest BCUT2D eigenvalue weighted by Crippen LogP contribution is -2.39. The molecule has 0 spiro atoms. The van der Waals surface area contributed by atoms with Crippen LogP contribution in [0.5, 0.6) is 0 Å². The molecule has 0 saturated carbocycles. The third-order valence-corrected chi connectivity index (χ3v) is 6.28. The summed E-state index contributed by atoms with van der Waals surface area (Å²) in [5.74, 6) is 0. The van der Waals surface area contributed by atoms with Gasteiger partial charge < -0.3 is 0 Å². The van der Waals surface area contributed by atoms with E-state index in [2.05, 4.69) is 4.98 Å². The highest BCUT2D eigenvalue weighted by Gasteiger charge is 2.32. The molecule has 1 unspecified atom stereocenters. The van der Waals surface area contributed by atoms with E-state index >= 15 is 0 Å². The number of halogens is 2. The van der Waals surface area contributed by atoms with Crippen LogP contribution in [0.3, 0.4) is 0 Å². The first kappa shape index (κ1) is 16.0. The van der Waals surface area contributed by atoms with Crippen LogP contribution in [-0.4, -0.2) is 30.3 Å². The Morgan fingerprint density at radius 3 is 2.75 bits per heavy atom. The van der Waals surface area contributed by atoms with Crippen LogP contribution in [0.25, 0.3) is 0 Å². The normalized spacial score (nSPS) is 21.6. The van der Waals surface area contributed by atoms with Crippen molar-refractivity contribution < 1.29 is 8.42 Å². The summed E-state index contributed by atoms with van der Waals surface area (Å²) >= 11 is 11.6. The molecule has 1 atom stereocenters. The lowest BCUT2D eigenvalue weighted by Gasteiger charge is -2.28. The maximum atomic E-state index is 12.8. The molecule has 0 N–H and O–H groups in total. The van der Waals surface area contributed by atoms with E-state index in [1.807, 2.05) is 6.92 Å². The van der Waals surface area contributed by atoms with Gasteiger partial charge in [0.2, 0.25) is 10.0 Å². The lowest BCUT2D eigenvalue weighted by atomic mass is 10.1. The van der Waals surface area contributed by atoms with Gasteiger partial charge in [-0.05, 0) is 25.3 Å². The van der Waals surface area contributed by atoms with E-state index in [-0.39, 0.29) is 21.1 Å². The van der Waals surface area contributed by atoms with Crippen molar-refractivity contribution in [3.63, 3.8) is 0 Å². The van der Waals surface area contributed by atoms with Gasteiger partial charge in [0.15, 0.2) is 0 Å². The highest BCUT2D eigenvalue weighted by molar-refractivity contribution is 7.89. The Hall–Kier alpha value is -0.360. The first-order chi connectivity index (χ1) is 9.46. The van der Waals surface area contributed by atoms with Gasteiger partial charge in [-0.25, -0.2) is 13.4 Å². The molecule has 1 aliphatic heterocycles. The van der Waals surface area contributed by atoms with Crippen molar-refractivity contribution in [2.24, 2.45) is 0 Å². The fourth-order valence-electron chi connectivity index (χ4n) is 2.56. The summed E-state index contributed by atoms with van der Waals surface area (Å²) in [7, 11) is -3.56. The van der Waals surface area contributed by atoms with Gasteiger partial charge >= 0.3 is 0 Å². The molecule has 20 heavy (non-hydrogen) atoms. The predicted molar refractivity (Wildman–Crippen MR) is 80.7 cm³/mol. The Bertz CT molecular complexity index is 578. The van der Waals surface area contributed by atoms with Crippen LogP contribution in [0.15, 0.2) is 17.2 Å². The van der Waals surface area contributed by atoms with Crippen molar-refractivity contribution in [1.82, 2.24) is 9.29 Å². The van der Waals surface area contributed by atoms with Crippen molar-refractivity contribution in [3.8, 4) is 0 Å². The van der Waals surface area contributed by atoms with E-state index in [0.717, 1.165) is 32.1 Å². The molecule has 0 bridgehead atoms. The minimum absolute atomic E-state index is 0.0527. The highest BCUT2D eigenvalue weighted by atomic mass is 35.5. The Morgan fingerprint density at radius 1 is 1.35 bits per heavy atom. The molecule has 1 aromatic rings. The summed E-state index contributed by atoms with van der Waals surface area (Å²) in [6, 6.07) is 1.43. The monoisotopic (exact) mass is 336 g/mol. The van der Waals surface area contributed by atoms with E-state index in [9.17, 15) is 8.42 Å². The van der Waals surface area contributed by atoms with E-state index in [1.165, 1.54) is 12.3 Å². The molecule has 2 heterocycles. The molecule has 0 radical (unpaired) electrons. The molecule has 112 valence electrons. The number of sulfonamides is 1. The van der Waals surface area contributed by atoms with Crippen LogP contribution in [0.2, 0.25) is 10.2 Å². The molecule has 4 nitrogen and oxygen atoms in total. The zero-order valence-electron chi connectivity index (χ0n) is 11.3. The number of aromatic nitrogens is 1. The number of nitrogens with zero attached hydrogens (tertiary/aromatic N) is 2. The fraction of sp³-hybridized carbons (Fsp3) is 0.615. The van der Waals surface area contributed by atoms with E-state index < -0.39 is 10.0 Å². The minimum atomic E-state index is -3.56. The molecule has 1 aliphatic rings. The van der Waals surface area contributed by atoms with Gasteiger partial charge in [-0.15, -0.1) is 0 Å². The van der Waals surface area contributed by atoms with Gasteiger partial charge in [-0.2, -0.15) is 4.31 Å². The molecular formula is C13H18Cl2N2O2S. The summed E-state index contributed by atoms with van der Waals surface area (Å²) in [6.07, 6.45) is 6.04. The molecule has 1 aromatic heterocycles. The summed E-state index contributed by atoms with van der Waals surface area (Å²) in [5.41, 5.74) is 0. The number of hydrogen-bond donors (Lipinski definition) is 0. The van der Waals surface area contributed by atoms with Crippen molar-refractivity contribution in [3.05, 3.63) is 22.4 Å². The van der Waals surface area contributed by atoms with Crippen LogP contribution in [0.4, 0.5) is 0 Å². The summed E-state index contributed by atoms with van der Waals surface area (Å²) in [5, 5.41) is 0.282. The second-order valence-corrected chi connectivity index (χ2v) is 7.63. The van der Waals surface area contributed by atoms with Gasteiger partial charge in [0.25, 0.3) is 0 Å². The Labute approximate surface area is 130 Å². The topological polar surface area (TPSA) is 50.3 Å². The highest BCUT2D eigenvalue weighted by Crippen LogP contribution is 2.28. The van der Waals surface area contributed by atoms with Crippen molar-refractivity contribution in [2.75, 3.05) is 6.54 Å². The number of rotatable bonds is 3. The first-order valence-corrected chi connectivity index (χ1v) is 8.99. The van der Waals surface area contributed by atoms with Gasteiger partial charge in [0.05, 0.1) is 5.02 Å². The number of hydrogen-bond acceptors (Lipinski definition) is 3. The molecular weight excluding hydrogens is 319 g/mol. The standard InChI is InChI=1S/C13H18Cl2N2O2S/c1-2-10-6-4-3-5-7-17(10)20(18,19)11-8-12(14)13(15)16-9-11/h8-10H,2-7H2,1H3. The molecule has 2 rings (SSSR count). The summed E-state index contributed by atoms with van der Waals surface area (Å²) < 4.78 is 27.1. The lowest BCUT2D eigenvalue weighted by molar-refractivity contribution is 0.315. The Morgan fingerprint density at radius 2 is 2.10 bits per heavy atom. The van der Waals surface area contributed by atoms with Gasteiger partial charge in [-0.1, -0.05) is 43.0 Å². The zero-order chi connectivity index (χ0) is 14.8. The summed E-state index contributed by atoms with van der Waals surface area (Å²) in [4.78, 5) is 3.96. The van der Waals surface area contributed by atoms with Crippen molar-refractivity contribution >= 4 is 33.2 Å². The van der Waals surface area contributed by atoms with Crippen LogP contribution >= 0.6 is 23.2 Å². The summed E-state index contributed by atoms with van der Waals surface area (Å²) in [6.45, 7) is 2.58. The predicted octanol–water partition coefficient (Wildman–Crippen LogP) is 3.73. The molecule has 0 amide bonds. The average Bonchev–Trinajstić information content (AvgIpc) is 2.67. The number of pyridine rings is 1. The quantitative estimate of drug-likeness (QED) is 0.790. The van der Waals surface area contributed by atoms with Crippen LogP contribution in [-0.2, 0) is 10.0 Å². The van der Waals surface area contributed by atoms with Gasteiger partial charge in [0, 0.05) is 18.8 Å². The second-order valence-electron chi connectivity index (χ2n) is 4.97. The fourth-order valence-corrected chi connectivity index (χ4v) is 4.63. The third kappa shape index (κ3) is 3.27.